The summed E-state index contributed by atoms with van der Waals surface area (Å²) in [5.41, 5.74) is 8.60. The van der Waals surface area contributed by atoms with Crippen molar-refractivity contribution in [3.8, 4) is 0 Å². The maximum absolute atomic E-state index is 10.9. The van der Waals surface area contributed by atoms with Crippen LogP contribution >= 0.6 is 0 Å². The van der Waals surface area contributed by atoms with Gasteiger partial charge in [0.1, 0.15) is 0 Å². The molecule has 0 bridgehead atoms. The van der Waals surface area contributed by atoms with E-state index in [9.17, 15) is 4.79 Å². The minimum atomic E-state index is 0.524. The molecular weight excluding hydrogens is 188 g/mol. The predicted molar refractivity (Wildman–Crippen MR) is 60.9 cm³/mol. The van der Waals surface area contributed by atoms with Crippen molar-refractivity contribution in [1.82, 2.24) is 4.98 Å². The van der Waals surface area contributed by atoms with Gasteiger partial charge in [0.15, 0.2) is 6.29 Å². The number of aromatic nitrogens is 1. The summed E-state index contributed by atoms with van der Waals surface area (Å²) in [4.78, 5) is 15.3. The number of nitrogen functional groups attached to an aromatic ring is 1. The van der Waals surface area contributed by atoms with Crippen molar-refractivity contribution in [2.45, 2.75) is 13.3 Å². The molecule has 0 atom stereocenters. The van der Waals surface area contributed by atoms with E-state index in [0.717, 1.165) is 22.9 Å². The van der Waals surface area contributed by atoms with Crippen LogP contribution in [-0.4, -0.2) is 11.3 Å². The van der Waals surface area contributed by atoms with Gasteiger partial charge in [-0.3, -0.25) is 9.78 Å². The van der Waals surface area contributed by atoms with Crippen LogP contribution in [0.3, 0.4) is 0 Å². The Kier molecular flexibility index (Phi) is 2.37. The number of para-hydroxylation sites is 1. The molecule has 0 saturated heterocycles. The fourth-order valence-corrected chi connectivity index (χ4v) is 1.71. The van der Waals surface area contributed by atoms with E-state index in [0.29, 0.717) is 17.7 Å². The van der Waals surface area contributed by atoms with Crippen LogP contribution in [0.1, 0.15) is 23.0 Å². The number of aryl methyl sites for hydroxylation is 1. The fourth-order valence-electron chi connectivity index (χ4n) is 1.71. The van der Waals surface area contributed by atoms with Crippen LogP contribution in [-0.2, 0) is 6.42 Å². The smallest absolute Gasteiger partial charge is 0.153 e. The SMILES string of the molecule is CCc1nc2ccccc2c(N)c1C=O. The zero-order chi connectivity index (χ0) is 10.8. The van der Waals surface area contributed by atoms with E-state index in [1.54, 1.807) is 0 Å². The maximum Gasteiger partial charge on any atom is 0.153 e. The van der Waals surface area contributed by atoms with Crippen LogP contribution in [0, 0.1) is 0 Å². The first kappa shape index (κ1) is 9.65. The second kappa shape index (κ2) is 3.69. The number of carbonyl (C=O) groups is 1. The summed E-state index contributed by atoms with van der Waals surface area (Å²) in [6.07, 6.45) is 1.50. The number of hydrogen-bond acceptors (Lipinski definition) is 3. The van der Waals surface area contributed by atoms with Crippen molar-refractivity contribution in [3.63, 3.8) is 0 Å². The third-order valence-corrected chi connectivity index (χ3v) is 2.50. The quantitative estimate of drug-likeness (QED) is 0.756. The lowest BCUT2D eigenvalue weighted by Gasteiger charge is -2.08. The highest BCUT2D eigenvalue weighted by Gasteiger charge is 2.09. The van der Waals surface area contributed by atoms with Crippen molar-refractivity contribution in [2.24, 2.45) is 0 Å². The highest BCUT2D eigenvalue weighted by atomic mass is 16.1. The average Bonchev–Trinajstić information content (AvgIpc) is 2.29. The second-order valence-corrected chi connectivity index (χ2v) is 3.37. The first-order chi connectivity index (χ1) is 7.27. The molecule has 76 valence electrons. The third kappa shape index (κ3) is 1.46. The van der Waals surface area contributed by atoms with Gasteiger partial charge >= 0.3 is 0 Å². The first-order valence-corrected chi connectivity index (χ1v) is 4.90. The molecule has 15 heavy (non-hydrogen) atoms. The van der Waals surface area contributed by atoms with Crippen molar-refractivity contribution >= 4 is 22.9 Å². The minimum absolute atomic E-state index is 0.524. The Hall–Kier alpha value is -1.90. The summed E-state index contributed by atoms with van der Waals surface area (Å²) in [7, 11) is 0. The van der Waals surface area contributed by atoms with Crippen LogP contribution in [0.5, 0.6) is 0 Å². The normalized spacial score (nSPS) is 10.5. The molecule has 0 amide bonds. The Labute approximate surface area is 87.9 Å². The molecular formula is C12H12N2O. The molecule has 0 aliphatic rings. The monoisotopic (exact) mass is 200 g/mol. The third-order valence-electron chi connectivity index (χ3n) is 2.50. The van der Waals surface area contributed by atoms with Gasteiger partial charge in [0.25, 0.3) is 0 Å². The number of nitrogens with two attached hydrogens (primary N) is 1. The van der Waals surface area contributed by atoms with Crippen LogP contribution < -0.4 is 5.73 Å². The summed E-state index contributed by atoms with van der Waals surface area (Å²) in [5, 5.41) is 0.844. The van der Waals surface area contributed by atoms with Gasteiger partial charge in [0, 0.05) is 5.39 Å². The van der Waals surface area contributed by atoms with Crippen LogP contribution in [0.2, 0.25) is 0 Å². The zero-order valence-electron chi connectivity index (χ0n) is 8.53. The van der Waals surface area contributed by atoms with Gasteiger partial charge < -0.3 is 5.73 Å². The molecule has 2 aromatic rings. The lowest BCUT2D eigenvalue weighted by molar-refractivity contribution is 0.112. The molecule has 0 aliphatic carbocycles. The molecule has 0 spiro atoms. The number of nitrogens with zero attached hydrogens (tertiary/aromatic N) is 1. The molecule has 3 heteroatoms. The van der Waals surface area contributed by atoms with E-state index in [1.165, 1.54) is 0 Å². The molecule has 1 aromatic carbocycles. The van der Waals surface area contributed by atoms with E-state index >= 15 is 0 Å². The Morgan fingerprint density at radius 2 is 2.13 bits per heavy atom. The highest BCUT2D eigenvalue weighted by molar-refractivity contribution is 5.99. The largest absolute Gasteiger partial charge is 0.398 e. The number of carbonyl (C=O) groups excluding carboxylic acids is 1. The Balaban J connectivity index is 2.87. The van der Waals surface area contributed by atoms with Crippen LogP contribution in [0.4, 0.5) is 5.69 Å². The lowest BCUT2D eigenvalue weighted by Crippen LogP contribution is -2.02. The summed E-state index contributed by atoms with van der Waals surface area (Å²) < 4.78 is 0. The van der Waals surface area contributed by atoms with Crippen LogP contribution in [0.15, 0.2) is 24.3 Å². The second-order valence-electron chi connectivity index (χ2n) is 3.37. The van der Waals surface area contributed by atoms with E-state index in [1.807, 2.05) is 31.2 Å². The Bertz CT molecular complexity index is 520. The number of rotatable bonds is 2. The number of fused-ring (bicyclic) bond motifs is 1. The maximum atomic E-state index is 10.9. The van der Waals surface area contributed by atoms with Gasteiger partial charge in [-0.25, -0.2) is 0 Å². The molecule has 2 rings (SSSR count). The predicted octanol–water partition coefficient (Wildman–Crippen LogP) is 2.19. The van der Waals surface area contributed by atoms with E-state index in [2.05, 4.69) is 4.98 Å². The number of aldehydes is 1. The van der Waals surface area contributed by atoms with Crippen LogP contribution in [0.25, 0.3) is 10.9 Å². The van der Waals surface area contributed by atoms with Gasteiger partial charge in [-0.05, 0) is 12.5 Å². The number of benzene rings is 1. The molecule has 0 fully saturated rings. The van der Waals surface area contributed by atoms with Crippen molar-refractivity contribution in [2.75, 3.05) is 5.73 Å². The first-order valence-electron chi connectivity index (χ1n) is 4.90. The zero-order valence-corrected chi connectivity index (χ0v) is 8.53. The molecule has 0 unspecified atom stereocenters. The Morgan fingerprint density at radius 1 is 1.40 bits per heavy atom. The fraction of sp³-hybridized carbons (Fsp3) is 0.167. The average molecular weight is 200 g/mol. The summed E-state index contributed by atoms with van der Waals surface area (Å²) >= 11 is 0. The number of pyridine rings is 1. The van der Waals surface area contributed by atoms with Crippen molar-refractivity contribution in [1.29, 1.82) is 0 Å². The van der Waals surface area contributed by atoms with Gasteiger partial charge in [-0.15, -0.1) is 0 Å². The minimum Gasteiger partial charge on any atom is -0.398 e. The standard InChI is InChI=1S/C12H12N2O/c1-2-10-9(7-15)12(13)8-5-3-4-6-11(8)14-10/h3-7H,2H2,1H3,(H2,13,14). The lowest BCUT2D eigenvalue weighted by atomic mass is 10.1. The molecule has 3 nitrogen and oxygen atoms in total. The van der Waals surface area contributed by atoms with Crippen molar-refractivity contribution < 1.29 is 4.79 Å². The highest BCUT2D eigenvalue weighted by Crippen LogP contribution is 2.24. The Morgan fingerprint density at radius 3 is 2.80 bits per heavy atom. The van der Waals surface area contributed by atoms with E-state index in [4.69, 9.17) is 5.73 Å². The number of hydrogen-bond donors (Lipinski definition) is 1. The summed E-state index contributed by atoms with van der Waals surface area (Å²) in [6.45, 7) is 1.96. The molecule has 0 radical (unpaired) electrons. The van der Waals surface area contributed by atoms with Gasteiger partial charge in [0.2, 0.25) is 0 Å². The van der Waals surface area contributed by atoms with Gasteiger partial charge in [-0.1, -0.05) is 25.1 Å². The van der Waals surface area contributed by atoms with E-state index < -0.39 is 0 Å². The summed E-state index contributed by atoms with van der Waals surface area (Å²) in [5.74, 6) is 0. The topological polar surface area (TPSA) is 56.0 Å². The molecule has 1 aromatic heterocycles. The molecule has 2 N–H and O–H groups in total. The number of anilines is 1. The molecule has 0 saturated carbocycles. The molecule has 1 heterocycles. The summed E-state index contributed by atoms with van der Waals surface area (Å²) in [6, 6.07) is 7.58. The van der Waals surface area contributed by atoms with Gasteiger partial charge in [-0.2, -0.15) is 0 Å². The van der Waals surface area contributed by atoms with E-state index in [-0.39, 0.29) is 0 Å². The molecule has 0 aliphatic heterocycles. The van der Waals surface area contributed by atoms with Gasteiger partial charge in [0.05, 0.1) is 22.5 Å². The van der Waals surface area contributed by atoms with Crippen molar-refractivity contribution in [3.05, 3.63) is 35.5 Å².